The van der Waals surface area contributed by atoms with E-state index in [0.717, 1.165) is 17.7 Å². The first kappa shape index (κ1) is 22.3. The quantitative estimate of drug-likeness (QED) is 0.414. The molecule has 1 saturated heterocycles. The lowest BCUT2D eigenvalue weighted by Crippen LogP contribution is -2.55. The van der Waals surface area contributed by atoms with Gasteiger partial charge in [0.15, 0.2) is 5.11 Å². The van der Waals surface area contributed by atoms with E-state index in [1.54, 1.807) is 13.2 Å². The third-order valence-electron chi connectivity index (χ3n) is 6.33. The molecular weight excluding hydrogens is 398 g/mol. The van der Waals surface area contributed by atoms with Crippen LogP contribution < -0.4 is 9.64 Å². The summed E-state index contributed by atoms with van der Waals surface area (Å²) in [5.74, 6) is 0.267. The summed E-state index contributed by atoms with van der Waals surface area (Å²) in [6.45, 7) is 11.2. The Morgan fingerprint density at radius 3 is 2.23 bits per heavy atom. The third-order valence-corrected chi connectivity index (χ3v) is 6.77. The second-order valence-corrected chi connectivity index (χ2v) is 8.93. The molecule has 6 nitrogen and oxygen atoms in total. The molecule has 2 aliphatic heterocycles. The summed E-state index contributed by atoms with van der Waals surface area (Å²) in [4.78, 5) is 31.2. The Labute approximate surface area is 184 Å². The molecule has 1 fully saturated rings. The van der Waals surface area contributed by atoms with Gasteiger partial charge < -0.3 is 9.64 Å². The molecule has 1 atom stereocenters. The van der Waals surface area contributed by atoms with Crippen LogP contribution in [-0.2, 0) is 9.59 Å². The van der Waals surface area contributed by atoms with Gasteiger partial charge in [-0.15, -0.1) is 0 Å². The number of nitrogens with zero attached hydrogens (tertiary/aromatic N) is 3. The smallest absolute Gasteiger partial charge is 0.265 e. The van der Waals surface area contributed by atoms with Gasteiger partial charge in [-0.3, -0.25) is 19.4 Å². The number of amides is 2. The first-order chi connectivity index (χ1) is 14.1. The van der Waals surface area contributed by atoms with Crippen LogP contribution in [0.4, 0.5) is 5.69 Å². The minimum Gasteiger partial charge on any atom is -0.496 e. The van der Waals surface area contributed by atoms with Crippen LogP contribution in [0.25, 0.3) is 6.08 Å². The Morgan fingerprint density at radius 1 is 1.17 bits per heavy atom. The summed E-state index contributed by atoms with van der Waals surface area (Å²) >= 11 is 5.35. The van der Waals surface area contributed by atoms with Crippen molar-refractivity contribution in [2.45, 2.75) is 52.5 Å². The van der Waals surface area contributed by atoms with E-state index in [1.165, 1.54) is 15.4 Å². The fourth-order valence-electron chi connectivity index (χ4n) is 4.44. The molecule has 0 aliphatic carbocycles. The Bertz CT molecular complexity index is 910. The summed E-state index contributed by atoms with van der Waals surface area (Å²) < 4.78 is 5.66. The number of methoxy groups -OCH3 is 1. The van der Waals surface area contributed by atoms with Crippen LogP contribution in [0.1, 0.15) is 58.1 Å². The first-order valence-electron chi connectivity index (χ1n) is 10.4. The van der Waals surface area contributed by atoms with Gasteiger partial charge in [0, 0.05) is 43.0 Å². The second kappa shape index (κ2) is 8.02. The van der Waals surface area contributed by atoms with Crippen molar-refractivity contribution < 1.29 is 14.3 Å². The van der Waals surface area contributed by atoms with Gasteiger partial charge >= 0.3 is 0 Å². The van der Waals surface area contributed by atoms with E-state index in [-0.39, 0.29) is 28.0 Å². The number of carbonyl (C=O) groups is 2. The van der Waals surface area contributed by atoms with E-state index in [1.807, 2.05) is 19.9 Å². The molecule has 3 rings (SSSR count). The predicted octanol–water partition coefficient (Wildman–Crippen LogP) is 3.80. The summed E-state index contributed by atoms with van der Waals surface area (Å²) in [6.07, 6.45) is 2.67. The van der Waals surface area contributed by atoms with E-state index >= 15 is 0 Å². The Kier molecular flexibility index (Phi) is 5.96. The molecule has 7 heteroatoms. The fourth-order valence-corrected chi connectivity index (χ4v) is 4.86. The number of fused-ring (bicyclic) bond motifs is 1. The number of hydrogen-bond donors (Lipinski definition) is 0. The highest BCUT2D eigenvalue weighted by Crippen LogP contribution is 2.45. The number of rotatable bonds is 4. The predicted molar refractivity (Wildman–Crippen MR) is 124 cm³/mol. The van der Waals surface area contributed by atoms with Gasteiger partial charge in [-0.1, -0.05) is 6.92 Å². The first-order valence-corrected chi connectivity index (χ1v) is 10.8. The maximum absolute atomic E-state index is 13.0. The lowest BCUT2D eigenvalue weighted by atomic mass is 9.79. The largest absolute Gasteiger partial charge is 0.496 e. The zero-order valence-electron chi connectivity index (χ0n) is 18.9. The number of carbonyl (C=O) groups excluding carboxylic acids is 2. The SMILES string of the molecule is CCN1C(=O)C(=Cc2cc3c(cc2OC)N(C)C(C)(C)CC3C)C(=O)N(CC)C1=S. The van der Waals surface area contributed by atoms with Crippen LogP contribution in [0.3, 0.4) is 0 Å². The number of anilines is 1. The molecule has 162 valence electrons. The standard InChI is InChI=1S/C23H31N3O3S/c1-8-25-20(27)17(21(28)26(9-2)22(25)30)11-15-10-16-14(3)13-23(4,5)24(6)18(16)12-19(15)29-7/h10-12,14H,8-9,13H2,1-7H3. The minimum absolute atomic E-state index is 0.0334. The molecule has 0 saturated carbocycles. The summed E-state index contributed by atoms with van der Waals surface area (Å²) in [6, 6.07) is 4.06. The van der Waals surface area contributed by atoms with Gasteiger partial charge in [0.1, 0.15) is 11.3 Å². The van der Waals surface area contributed by atoms with Crippen molar-refractivity contribution in [3.8, 4) is 5.75 Å². The molecule has 1 aromatic carbocycles. The highest BCUT2D eigenvalue weighted by atomic mass is 32.1. The minimum atomic E-state index is -0.358. The summed E-state index contributed by atoms with van der Waals surface area (Å²) in [5.41, 5.74) is 3.18. The zero-order chi connectivity index (χ0) is 22.4. The second-order valence-electron chi connectivity index (χ2n) is 8.57. The number of thiocarbonyl (C=S) groups is 1. The third kappa shape index (κ3) is 3.49. The van der Waals surface area contributed by atoms with Gasteiger partial charge in [0.25, 0.3) is 11.8 Å². The van der Waals surface area contributed by atoms with Crippen molar-refractivity contribution in [1.29, 1.82) is 0 Å². The molecule has 1 aromatic rings. The number of benzene rings is 1. The number of ether oxygens (including phenoxy) is 1. The zero-order valence-corrected chi connectivity index (χ0v) is 19.7. The van der Waals surface area contributed by atoms with Crippen LogP contribution in [0.5, 0.6) is 5.75 Å². The highest BCUT2D eigenvalue weighted by molar-refractivity contribution is 7.80. The molecule has 30 heavy (non-hydrogen) atoms. The van der Waals surface area contributed by atoms with Crippen LogP contribution >= 0.6 is 12.2 Å². The van der Waals surface area contributed by atoms with Crippen molar-refractivity contribution in [2.75, 3.05) is 32.1 Å². The van der Waals surface area contributed by atoms with Crippen molar-refractivity contribution in [1.82, 2.24) is 9.80 Å². The van der Waals surface area contributed by atoms with Crippen molar-refractivity contribution >= 4 is 40.9 Å². The van der Waals surface area contributed by atoms with Gasteiger partial charge in [0.2, 0.25) is 0 Å². The van der Waals surface area contributed by atoms with Crippen LogP contribution in [0, 0.1) is 0 Å². The summed E-state index contributed by atoms with van der Waals surface area (Å²) in [7, 11) is 3.70. The number of hydrogen-bond acceptors (Lipinski definition) is 5. The average molecular weight is 430 g/mol. The van der Waals surface area contributed by atoms with E-state index in [4.69, 9.17) is 17.0 Å². The molecule has 0 spiro atoms. The molecule has 0 radical (unpaired) electrons. The molecular formula is C23H31N3O3S. The van der Waals surface area contributed by atoms with E-state index < -0.39 is 0 Å². The van der Waals surface area contributed by atoms with Gasteiger partial charge in [-0.25, -0.2) is 0 Å². The maximum Gasteiger partial charge on any atom is 0.265 e. The Hall–Kier alpha value is -2.41. The van der Waals surface area contributed by atoms with Gasteiger partial charge in [-0.2, -0.15) is 0 Å². The van der Waals surface area contributed by atoms with E-state index in [2.05, 4.69) is 38.8 Å². The van der Waals surface area contributed by atoms with Crippen molar-refractivity contribution in [3.63, 3.8) is 0 Å². The molecule has 1 unspecified atom stereocenters. The van der Waals surface area contributed by atoms with Gasteiger partial charge in [0.05, 0.1) is 7.11 Å². The Morgan fingerprint density at radius 2 is 1.73 bits per heavy atom. The van der Waals surface area contributed by atoms with Crippen LogP contribution in [0.2, 0.25) is 0 Å². The molecule has 2 aliphatic rings. The normalized spacial score (nSPS) is 21.2. The maximum atomic E-state index is 13.0. The van der Waals surface area contributed by atoms with Crippen LogP contribution in [-0.4, -0.2) is 59.5 Å². The molecule has 0 N–H and O–H groups in total. The van der Waals surface area contributed by atoms with Crippen molar-refractivity contribution in [3.05, 3.63) is 28.8 Å². The number of likely N-dealkylation sites (N-methyl/N-ethyl adjacent to an activating group) is 2. The lowest BCUT2D eigenvalue weighted by molar-refractivity contribution is -0.133. The Balaban J connectivity index is 2.15. The fraction of sp³-hybridized carbons (Fsp3) is 0.522. The lowest BCUT2D eigenvalue weighted by Gasteiger charge is -2.45. The average Bonchev–Trinajstić information content (AvgIpc) is 2.69. The van der Waals surface area contributed by atoms with Crippen LogP contribution in [0.15, 0.2) is 17.7 Å². The van der Waals surface area contributed by atoms with E-state index in [9.17, 15) is 9.59 Å². The monoisotopic (exact) mass is 429 g/mol. The van der Waals surface area contributed by atoms with Gasteiger partial charge in [-0.05, 0) is 70.0 Å². The highest BCUT2D eigenvalue weighted by Gasteiger charge is 2.39. The topological polar surface area (TPSA) is 53.1 Å². The molecule has 2 heterocycles. The molecule has 2 amide bonds. The molecule has 0 bridgehead atoms. The van der Waals surface area contributed by atoms with E-state index in [0.29, 0.717) is 24.8 Å². The molecule has 0 aromatic heterocycles. The van der Waals surface area contributed by atoms with Crippen molar-refractivity contribution in [2.24, 2.45) is 0 Å². The summed E-state index contributed by atoms with van der Waals surface area (Å²) in [5, 5.41) is 0.266.